The van der Waals surface area contributed by atoms with E-state index in [9.17, 15) is 5.26 Å². The van der Waals surface area contributed by atoms with Crippen LogP contribution in [0.3, 0.4) is 0 Å². The van der Waals surface area contributed by atoms with Crippen molar-refractivity contribution in [2.75, 3.05) is 0 Å². The normalized spacial score (nSPS) is 10.8. The standard InChI is InChI=1S/C23H14Cl2N2O/c24-21-3-1-2-17(10-21)15-28-23-9-8-22(25)12-19(23)11-20(14-27)18-6-4-16(13-26)5-7-18/h1-12H,15H2. The Bertz CT molecular complexity index is 1110. The van der Waals surface area contributed by atoms with Crippen molar-refractivity contribution in [2.24, 2.45) is 0 Å². The highest BCUT2D eigenvalue weighted by molar-refractivity contribution is 6.31. The fourth-order valence-electron chi connectivity index (χ4n) is 2.61. The summed E-state index contributed by atoms with van der Waals surface area (Å²) in [6.45, 7) is 0.335. The summed E-state index contributed by atoms with van der Waals surface area (Å²) in [6, 6.07) is 23.8. The summed E-state index contributed by atoms with van der Waals surface area (Å²) in [5, 5.41) is 19.7. The van der Waals surface area contributed by atoms with Gasteiger partial charge in [-0.15, -0.1) is 0 Å². The van der Waals surface area contributed by atoms with Crippen LogP contribution in [0.25, 0.3) is 11.6 Å². The number of nitriles is 2. The summed E-state index contributed by atoms with van der Waals surface area (Å²) < 4.78 is 5.94. The van der Waals surface area contributed by atoms with Crippen LogP contribution in [0.15, 0.2) is 66.7 Å². The topological polar surface area (TPSA) is 56.8 Å². The Labute approximate surface area is 173 Å². The highest BCUT2D eigenvalue weighted by Gasteiger charge is 2.08. The first-order valence-corrected chi connectivity index (χ1v) is 9.14. The molecule has 0 atom stereocenters. The number of ether oxygens (including phenoxy) is 1. The van der Waals surface area contributed by atoms with Crippen LogP contribution in [0.1, 0.15) is 22.3 Å². The maximum absolute atomic E-state index is 9.59. The minimum atomic E-state index is 0.335. The number of halogens is 2. The lowest BCUT2D eigenvalue weighted by Gasteiger charge is -2.11. The van der Waals surface area contributed by atoms with Gasteiger partial charge in [-0.2, -0.15) is 10.5 Å². The highest BCUT2D eigenvalue weighted by atomic mass is 35.5. The number of allylic oxidation sites excluding steroid dienone is 1. The lowest BCUT2D eigenvalue weighted by Crippen LogP contribution is -1.97. The molecule has 0 bridgehead atoms. The number of rotatable bonds is 5. The van der Waals surface area contributed by atoms with Crippen molar-refractivity contribution in [2.45, 2.75) is 6.61 Å². The molecule has 0 fully saturated rings. The van der Waals surface area contributed by atoms with Crippen molar-refractivity contribution in [1.82, 2.24) is 0 Å². The van der Waals surface area contributed by atoms with Gasteiger partial charge < -0.3 is 4.74 Å². The summed E-state index contributed by atoms with van der Waals surface area (Å²) in [5.74, 6) is 0.603. The van der Waals surface area contributed by atoms with Crippen LogP contribution >= 0.6 is 23.2 Å². The SMILES string of the molecule is N#CC(=Cc1cc(Cl)ccc1OCc1cccc(Cl)c1)c1ccc(C#N)cc1. The van der Waals surface area contributed by atoms with Crippen molar-refractivity contribution >= 4 is 34.9 Å². The second-order valence-corrected chi connectivity index (χ2v) is 6.83. The number of hydrogen-bond acceptors (Lipinski definition) is 3. The molecule has 28 heavy (non-hydrogen) atoms. The van der Waals surface area contributed by atoms with Gasteiger partial charge in [-0.05, 0) is 59.7 Å². The molecule has 0 N–H and O–H groups in total. The Morgan fingerprint density at radius 3 is 2.36 bits per heavy atom. The largest absolute Gasteiger partial charge is 0.488 e. The average Bonchev–Trinajstić information content (AvgIpc) is 2.71. The van der Waals surface area contributed by atoms with E-state index in [1.165, 1.54) is 0 Å². The molecule has 0 aliphatic rings. The number of benzene rings is 3. The van der Waals surface area contributed by atoms with Gasteiger partial charge in [0.05, 0.1) is 23.3 Å². The Morgan fingerprint density at radius 1 is 0.929 bits per heavy atom. The molecule has 0 radical (unpaired) electrons. The molecule has 0 aliphatic carbocycles. The number of nitrogens with zero attached hydrogens (tertiary/aromatic N) is 2. The lowest BCUT2D eigenvalue weighted by atomic mass is 10.0. The highest BCUT2D eigenvalue weighted by Crippen LogP contribution is 2.28. The van der Waals surface area contributed by atoms with E-state index < -0.39 is 0 Å². The third-order valence-corrected chi connectivity index (χ3v) is 4.47. The Balaban J connectivity index is 1.91. The summed E-state index contributed by atoms with van der Waals surface area (Å²) >= 11 is 12.2. The first-order valence-electron chi connectivity index (χ1n) is 8.38. The molecule has 3 nitrogen and oxygen atoms in total. The zero-order valence-electron chi connectivity index (χ0n) is 14.7. The summed E-state index contributed by atoms with van der Waals surface area (Å²) in [4.78, 5) is 0. The quantitative estimate of drug-likeness (QED) is 0.359. The lowest BCUT2D eigenvalue weighted by molar-refractivity contribution is 0.305. The van der Waals surface area contributed by atoms with E-state index in [4.69, 9.17) is 33.2 Å². The molecular weight excluding hydrogens is 391 g/mol. The molecule has 3 rings (SSSR count). The molecule has 5 heteroatoms. The van der Waals surface area contributed by atoms with E-state index in [-0.39, 0.29) is 0 Å². The monoisotopic (exact) mass is 404 g/mol. The molecule has 0 unspecified atom stereocenters. The molecule has 0 spiro atoms. The van der Waals surface area contributed by atoms with Crippen molar-refractivity contribution in [3.63, 3.8) is 0 Å². The van der Waals surface area contributed by atoms with Crippen LogP contribution in [-0.2, 0) is 6.61 Å². The van der Waals surface area contributed by atoms with E-state index in [1.807, 2.05) is 18.2 Å². The van der Waals surface area contributed by atoms with E-state index in [2.05, 4.69) is 12.1 Å². The van der Waals surface area contributed by atoms with Gasteiger partial charge in [0.15, 0.2) is 0 Å². The third-order valence-electron chi connectivity index (χ3n) is 4.00. The average molecular weight is 405 g/mol. The fourth-order valence-corrected chi connectivity index (χ4v) is 3.00. The molecule has 0 amide bonds. The molecule has 0 saturated heterocycles. The van der Waals surface area contributed by atoms with E-state index in [1.54, 1.807) is 54.6 Å². The predicted octanol–water partition coefficient (Wildman–Crippen LogP) is 6.51. The summed E-state index contributed by atoms with van der Waals surface area (Å²) in [5.41, 5.74) is 3.32. The second-order valence-electron chi connectivity index (χ2n) is 5.96. The minimum absolute atomic E-state index is 0.335. The van der Waals surface area contributed by atoms with Crippen LogP contribution in [0, 0.1) is 22.7 Å². The maximum Gasteiger partial charge on any atom is 0.127 e. The molecule has 3 aromatic carbocycles. The van der Waals surface area contributed by atoms with Crippen molar-refractivity contribution in [1.29, 1.82) is 10.5 Å². The predicted molar refractivity (Wildman–Crippen MR) is 112 cm³/mol. The molecule has 136 valence electrons. The molecule has 0 saturated carbocycles. The summed E-state index contributed by atoms with van der Waals surface area (Å²) in [7, 11) is 0. The summed E-state index contributed by atoms with van der Waals surface area (Å²) in [6.07, 6.45) is 1.72. The molecule has 3 aromatic rings. The second kappa shape index (κ2) is 9.11. The van der Waals surface area contributed by atoms with Gasteiger partial charge in [-0.25, -0.2) is 0 Å². The maximum atomic E-state index is 9.59. The molecule has 0 heterocycles. The Kier molecular flexibility index (Phi) is 6.35. The zero-order chi connectivity index (χ0) is 19.9. The van der Waals surface area contributed by atoms with E-state index in [0.717, 1.165) is 5.56 Å². The molecule has 0 aliphatic heterocycles. The van der Waals surface area contributed by atoms with Gasteiger partial charge in [0, 0.05) is 15.6 Å². The van der Waals surface area contributed by atoms with Crippen molar-refractivity contribution in [3.8, 4) is 17.9 Å². The van der Waals surface area contributed by atoms with Crippen LogP contribution in [0.2, 0.25) is 10.0 Å². The smallest absolute Gasteiger partial charge is 0.127 e. The first-order chi connectivity index (χ1) is 13.6. The zero-order valence-corrected chi connectivity index (χ0v) is 16.2. The van der Waals surface area contributed by atoms with Crippen molar-refractivity contribution in [3.05, 3.63) is 99.0 Å². The Hall–Kier alpha value is -3.24. The van der Waals surface area contributed by atoms with Gasteiger partial charge >= 0.3 is 0 Å². The third kappa shape index (κ3) is 4.93. The van der Waals surface area contributed by atoms with Gasteiger partial charge in [-0.1, -0.05) is 47.5 Å². The first kappa shape index (κ1) is 19.5. The van der Waals surface area contributed by atoms with E-state index >= 15 is 0 Å². The molecule has 0 aromatic heterocycles. The van der Waals surface area contributed by atoms with Crippen LogP contribution < -0.4 is 4.74 Å². The number of hydrogen-bond donors (Lipinski definition) is 0. The fraction of sp³-hybridized carbons (Fsp3) is 0.0435. The Morgan fingerprint density at radius 2 is 1.68 bits per heavy atom. The van der Waals surface area contributed by atoms with Gasteiger partial charge in [0.1, 0.15) is 12.4 Å². The van der Waals surface area contributed by atoms with Gasteiger partial charge in [0.2, 0.25) is 0 Å². The van der Waals surface area contributed by atoms with Crippen LogP contribution in [0.5, 0.6) is 5.75 Å². The van der Waals surface area contributed by atoms with E-state index in [0.29, 0.717) is 44.7 Å². The van der Waals surface area contributed by atoms with Crippen LogP contribution in [-0.4, -0.2) is 0 Å². The van der Waals surface area contributed by atoms with Gasteiger partial charge in [-0.3, -0.25) is 0 Å². The van der Waals surface area contributed by atoms with Crippen LogP contribution in [0.4, 0.5) is 0 Å². The minimum Gasteiger partial charge on any atom is -0.488 e. The van der Waals surface area contributed by atoms with Gasteiger partial charge in [0.25, 0.3) is 0 Å². The molecular formula is C23H14Cl2N2O. The van der Waals surface area contributed by atoms with Crippen molar-refractivity contribution < 1.29 is 4.74 Å².